The van der Waals surface area contributed by atoms with Crippen LogP contribution < -0.4 is 10.1 Å². The van der Waals surface area contributed by atoms with Crippen molar-refractivity contribution in [1.29, 1.82) is 0 Å². The van der Waals surface area contributed by atoms with Gasteiger partial charge in [0, 0.05) is 13.7 Å². The molecule has 0 atom stereocenters. The van der Waals surface area contributed by atoms with Gasteiger partial charge in [-0.25, -0.2) is 0 Å². The van der Waals surface area contributed by atoms with Gasteiger partial charge in [0.05, 0.1) is 30.3 Å². The number of methoxy groups -OCH3 is 1. The molecule has 0 aromatic heterocycles. The monoisotopic (exact) mass is 329 g/mol. The highest BCUT2D eigenvalue weighted by atomic mass is 35.5. The van der Waals surface area contributed by atoms with Crippen LogP contribution in [-0.4, -0.2) is 39.4 Å². The highest BCUT2D eigenvalue weighted by Crippen LogP contribution is 2.32. The summed E-state index contributed by atoms with van der Waals surface area (Å²) in [6.45, 7) is 5.98. The lowest BCUT2D eigenvalue weighted by molar-refractivity contribution is -0.117. The number of anilines is 1. The van der Waals surface area contributed by atoms with E-state index in [0.717, 1.165) is 0 Å². The third kappa shape index (κ3) is 7.11. The molecule has 0 spiro atoms. The molecule has 6 heteroatoms. The molecule has 1 aromatic carbocycles. The molecule has 1 aromatic rings. The first-order valence-corrected chi connectivity index (χ1v) is 7.70. The van der Waals surface area contributed by atoms with Gasteiger partial charge in [-0.15, -0.1) is 0 Å². The molecule has 0 heterocycles. The van der Waals surface area contributed by atoms with Gasteiger partial charge in [-0.2, -0.15) is 0 Å². The number of para-hydroxylation sites is 1. The van der Waals surface area contributed by atoms with E-state index >= 15 is 0 Å². The molecule has 0 bridgehead atoms. The number of hydrogen-bond donors (Lipinski definition) is 1. The van der Waals surface area contributed by atoms with Crippen LogP contribution in [0, 0.1) is 5.92 Å². The van der Waals surface area contributed by atoms with Crippen LogP contribution in [0.5, 0.6) is 5.75 Å². The van der Waals surface area contributed by atoms with E-state index in [2.05, 4.69) is 19.2 Å². The molecule has 0 unspecified atom stereocenters. The van der Waals surface area contributed by atoms with Gasteiger partial charge < -0.3 is 19.5 Å². The van der Waals surface area contributed by atoms with Crippen LogP contribution >= 0.6 is 11.6 Å². The maximum absolute atomic E-state index is 11.9. The molecule has 1 amide bonds. The van der Waals surface area contributed by atoms with Crippen LogP contribution in [0.4, 0.5) is 5.69 Å². The fourth-order valence-corrected chi connectivity index (χ4v) is 1.91. The SMILES string of the molecule is COCCOc1c(Cl)cccc1NC(=O)CCOCC(C)C. The summed E-state index contributed by atoms with van der Waals surface area (Å²) in [7, 11) is 1.59. The molecule has 0 saturated carbocycles. The van der Waals surface area contributed by atoms with Gasteiger partial charge in [0.2, 0.25) is 5.91 Å². The zero-order valence-corrected chi connectivity index (χ0v) is 14.1. The Kier molecular flexibility index (Phi) is 8.89. The Morgan fingerprint density at radius 1 is 1.27 bits per heavy atom. The van der Waals surface area contributed by atoms with Crippen molar-refractivity contribution in [3.8, 4) is 5.75 Å². The molecule has 5 nitrogen and oxygen atoms in total. The van der Waals surface area contributed by atoms with Crippen LogP contribution in [0.1, 0.15) is 20.3 Å². The molecular weight excluding hydrogens is 306 g/mol. The summed E-state index contributed by atoms with van der Waals surface area (Å²) in [6.07, 6.45) is 0.288. The van der Waals surface area contributed by atoms with Crippen molar-refractivity contribution in [2.45, 2.75) is 20.3 Å². The second kappa shape index (κ2) is 10.4. The molecule has 0 fully saturated rings. The highest BCUT2D eigenvalue weighted by molar-refractivity contribution is 6.32. The summed E-state index contributed by atoms with van der Waals surface area (Å²) in [5.74, 6) is 0.775. The van der Waals surface area contributed by atoms with Crippen molar-refractivity contribution in [3.63, 3.8) is 0 Å². The third-order valence-corrected chi connectivity index (χ3v) is 3.00. The number of ether oxygens (including phenoxy) is 3. The zero-order chi connectivity index (χ0) is 16.4. The Balaban J connectivity index is 2.53. The van der Waals surface area contributed by atoms with E-state index in [4.69, 9.17) is 25.8 Å². The van der Waals surface area contributed by atoms with Crippen LogP contribution in [0.25, 0.3) is 0 Å². The van der Waals surface area contributed by atoms with E-state index in [1.807, 2.05) is 0 Å². The lowest BCUT2D eigenvalue weighted by Crippen LogP contribution is -2.16. The average Bonchev–Trinajstić information content (AvgIpc) is 2.46. The number of amides is 1. The second-order valence-electron chi connectivity index (χ2n) is 5.22. The number of rotatable bonds is 10. The quantitative estimate of drug-likeness (QED) is 0.669. The lowest BCUT2D eigenvalue weighted by Gasteiger charge is -2.14. The largest absolute Gasteiger partial charge is 0.487 e. The predicted octanol–water partition coefficient (Wildman–Crippen LogP) is 3.37. The van der Waals surface area contributed by atoms with Crippen molar-refractivity contribution in [1.82, 2.24) is 0 Å². The summed E-state index contributed by atoms with van der Waals surface area (Å²) in [6, 6.07) is 5.22. The maximum atomic E-state index is 11.9. The predicted molar refractivity (Wildman–Crippen MR) is 87.7 cm³/mol. The van der Waals surface area contributed by atoms with Gasteiger partial charge in [0.15, 0.2) is 5.75 Å². The number of nitrogens with one attached hydrogen (secondary N) is 1. The zero-order valence-electron chi connectivity index (χ0n) is 13.4. The molecule has 1 N–H and O–H groups in total. The third-order valence-electron chi connectivity index (χ3n) is 2.70. The van der Waals surface area contributed by atoms with Gasteiger partial charge in [0.25, 0.3) is 0 Å². The van der Waals surface area contributed by atoms with Crippen molar-refractivity contribution < 1.29 is 19.0 Å². The minimum atomic E-state index is -0.136. The van der Waals surface area contributed by atoms with Gasteiger partial charge in [0.1, 0.15) is 6.61 Å². The molecule has 124 valence electrons. The number of carbonyl (C=O) groups is 1. The van der Waals surface area contributed by atoms with Crippen molar-refractivity contribution >= 4 is 23.2 Å². The Morgan fingerprint density at radius 2 is 2.05 bits per heavy atom. The van der Waals surface area contributed by atoms with E-state index in [1.54, 1.807) is 25.3 Å². The molecular formula is C16H24ClNO4. The first-order valence-electron chi connectivity index (χ1n) is 7.32. The maximum Gasteiger partial charge on any atom is 0.226 e. The number of hydrogen-bond acceptors (Lipinski definition) is 4. The summed E-state index contributed by atoms with van der Waals surface area (Å²) in [5.41, 5.74) is 0.553. The molecule has 0 saturated heterocycles. The van der Waals surface area contributed by atoms with Gasteiger partial charge in [-0.1, -0.05) is 31.5 Å². The van der Waals surface area contributed by atoms with Crippen LogP contribution in [-0.2, 0) is 14.3 Å². The van der Waals surface area contributed by atoms with Gasteiger partial charge in [-0.05, 0) is 18.1 Å². The first-order chi connectivity index (χ1) is 10.5. The van der Waals surface area contributed by atoms with E-state index < -0.39 is 0 Å². The Bertz CT molecular complexity index is 465. The normalized spacial score (nSPS) is 10.8. The molecule has 0 aliphatic rings. The van der Waals surface area contributed by atoms with E-state index in [0.29, 0.717) is 48.8 Å². The minimum Gasteiger partial charge on any atom is -0.487 e. The summed E-state index contributed by atoms with van der Waals surface area (Å²) in [5, 5.41) is 3.25. The number of benzene rings is 1. The van der Waals surface area contributed by atoms with Crippen molar-refractivity contribution in [3.05, 3.63) is 23.2 Å². The Hall–Kier alpha value is -1.30. The second-order valence-corrected chi connectivity index (χ2v) is 5.63. The van der Waals surface area contributed by atoms with E-state index in [9.17, 15) is 4.79 Å². The number of halogens is 1. The van der Waals surface area contributed by atoms with Gasteiger partial charge >= 0.3 is 0 Å². The first kappa shape index (κ1) is 18.7. The molecule has 1 rings (SSSR count). The standard InChI is InChI=1S/C16H24ClNO4/c1-12(2)11-21-8-7-15(19)18-14-6-4-5-13(17)16(14)22-10-9-20-3/h4-6,12H,7-11H2,1-3H3,(H,18,19). The minimum absolute atomic E-state index is 0.136. The van der Waals surface area contributed by atoms with Crippen molar-refractivity contribution in [2.75, 3.05) is 38.9 Å². The topological polar surface area (TPSA) is 56.8 Å². The van der Waals surface area contributed by atoms with E-state index in [-0.39, 0.29) is 12.3 Å². The van der Waals surface area contributed by atoms with Crippen LogP contribution in [0.15, 0.2) is 18.2 Å². The Labute approximate surface area is 136 Å². The molecule has 0 aliphatic heterocycles. The smallest absolute Gasteiger partial charge is 0.226 e. The van der Waals surface area contributed by atoms with Crippen LogP contribution in [0.2, 0.25) is 5.02 Å². The van der Waals surface area contributed by atoms with E-state index in [1.165, 1.54) is 0 Å². The summed E-state index contributed by atoms with van der Waals surface area (Å²) >= 11 is 6.11. The van der Waals surface area contributed by atoms with Crippen LogP contribution in [0.3, 0.4) is 0 Å². The number of carbonyl (C=O) groups excluding carboxylic acids is 1. The fourth-order valence-electron chi connectivity index (χ4n) is 1.68. The summed E-state index contributed by atoms with van der Waals surface area (Å²) < 4.78 is 15.9. The molecule has 22 heavy (non-hydrogen) atoms. The average molecular weight is 330 g/mol. The lowest BCUT2D eigenvalue weighted by atomic mass is 10.2. The van der Waals surface area contributed by atoms with Crippen molar-refractivity contribution in [2.24, 2.45) is 5.92 Å². The van der Waals surface area contributed by atoms with Gasteiger partial charge in [-0.3, -0.25) is 4.79 Å². The molecule has 0 radical (unpaired) electrons. The highest BCUT2D eigenvalue weighted by Gasteiger charge is 2.11. The molecule has 0 aliphatic carbocycles. The fraction of sp³-hybridized carbons (Fsp3) is 0.562. The Morgan fingerprint density at radius 3 is 2.73 bits per heavy atom. The summed E-state index contributed by atoms with van der Waals surface area (Å²) in [4.78, 5) is 11.9.